The van der Waals surface area contributed by atoms with E-state index >= 15 is 0 Å². The van der Waals surface area contributed by atoms with Crippen LogP contribution < -0.4 is 5.32 Å². The van der Waals surface area contributed by atoms with E-state index in [1.54, 1.807) is 18.3 Å². The second kappa shape index (κ2) is 6.40. The summed E-state index contributed by atoms with van der Waals surface area (Å²) in [6.07, 6.45) is 1.76. The largest absolute Gasteiger partial charge is 0.370 e. The number of benzene rings is 2. The van der Waals surface area contributed by atoms with Gasteiger partial charge in [-0.05, 0) is 37.3 Å². The van der Waals surface area contributed by atoms with E-state index in [0.717, 1.165) is 27.9 Å². The van der Waals surface area contributed by atoms with Gasteiger partial charge < -0.3 is 10.3 Å². The van der Waals surface area contributed by atoms with Crippen molar-refractivity contribution in [1.29, 1.82) is 0 Å². The molecule has 3 nitrogen and oxygen atoms in total. The quantitative estimate of drug-likeness (QED) is 0.539. The number of hydrogen-bond acceptors (Lipinski definition) is 2. The molecule has 4 rings (SSSR count). The molecule has 0 unspecified atom stereocenters. The van der Waals surface area contributed by atoms with Gasteiger partial charge in [-0.15, -0.1) is 0 Å². The molecule has 2 heterocycles. The summed E-state index contributed by atoms with van der Waals surface area (Å²) in [4.78, 5) is 7.93. The van der Waals surface area contributed by atoms with E-state index in [0.29, 0.717) is 5.69 Å². The number of aryl methyl sites for hydroxylation is 1. The summed E-state index contributed by atoms with van der Waals surface area (Å²) in [5.41, 5.74) is 4.49. The monoisotopic (exact) mass is 331 g/mol. The van der Waals surface area contributed by atoms with Crippen molar-refractivity contribution in [2.45, 2.75) is 13.0 Å². The third-order valence-corrected chi connectivity index (χ3v) is 4.39. The highest BCUT2D eigenvalue weighted by atomic mass is 19.1. The van der Waals surface area contributed by atoms with Gasteiger partial charge in [0.2, 0.25) is 0 Å². The molecule has 0 aliphatic carbocycles. The van der Waals surface area contributed by atoms with Crippen LogP contribution in [0.3, 0.4) is 0 Å². The highest BCUT2D eigenvalue weighted by Gasteiger charge is 2.22. The average Bonchev–Trinajstić information content (AvgIpc) is 2.97. The summed E-state index contributed by atoms with van der Waals surface area (Å²) in [6.45, 7) is 2.04. The van der Waals surface area contributed by atoms with Crippen LogP contribution in [0.25, 0.3) is 10.9 Å². The molecule has 0 saturated carbocycles. The lowest BCUT2D eigenvalue weighted by atomic mass is 9.99. The summed E-state index contributed by atoms with van der Waals surface area (Å²) in [6, 6.07) is 20.4. The fraction of sp³-hybridized carbons (Fsp3) is 0.0952. The van der Waals surface area contributed by atoms with Crippen LogP contribution in [0.5, 0.6) is 0 Å². The number of halogens is 1. The molecule has 25 heavy (non-hydrogen) atoms. The zero-order valence-electron chi connectivity index (χ0n) is 13.8. The molecule has 0 aliphatic heterocycles. The molecule has 4 aromatic rings. The van der Waals surface area contributed by atoms with Gasteiger partial charge in [0, 0.05) is 28.4 Å². The molecule has 1 atom stereocenters. The van der Waals surface area contributed by atoms with Gasteiger partial charge in [0.25, 0.3) is 0 Å². The van der Waals surface area contributed by atoms with Crippen molar-refractivity contribution in [2.75, 3.05) is 5.32 Å². The van der Waals surface area contributed by atoms with Gasteiger partial charge in [-0.3, -0.25) is 4.98 Å². The minimum atomic E-state index is -0.277. The van der Waals surface area contributed by atoms with E-state index in [4.69, 9.17) is 0 Å². The van der Waals surface area contributed by atoms with Crippen LogP contribution in [0.15, 0.2) is 72.9 Å². The summed E-state index contributed by atoms with van der Waals surface area (Å²) in [7, 11) is 0. The smallest absolute Gasteiger partial charge is 0.146 e. The van der Waals surface area contributed by atoms with Crippen molar-refractivity contribution < 1.29 is 4.39 Å². The number of nitrogens with zero attached hydrogens (tertiary/aromatic N) is 1. The number of fused-ring (bicyclic) bond motifs is 1. The number of pyridine rings is 1. The number of nitrogens with one attached hydrogen (secondary N) is 2. The van der Waals surface area contributed by atoms with Crippen LogP contribution in [0.2, 0.25) is 0 Å². The molecule has 2 aromatic carbocycles. The molecule has 0 saturated heterocycles. The van der Waals surface area contributed by atoms with Crippen molar-refractivity contribution in [2.24, 2.45) is 0 Å². The zero-order chi connectivity index (χ0) is 17.2. The second-order valence-electron chi connectivity index (χ2n) is 6.02. The number of anilines is 1. The summed E-state index contributed by atoms with van der Waals surface area (Å²) < 4.78 is 14.2. The topological polar surface area (TPSA) is 40.7 Å². The molecular weight excluding hydrogens is 313 g/mol. The van der Waals surface area contributed by atoms with Crippen LogP contribution in [-0.4, -0.2) is 9.97 Å². The lowest BCUT2D eigenvalue weighted by molar-refractivity contribution is 0.628. The Morgan fingerprint density at radius 2 is 1.72 bits per heavy atom. The fourth-order valence-corrected chi connectivity index (χ4v) is 3.24. The molecule has 0 bridgehead atoms. The molecule has 2 aromatic heterocycles. The predicted octanol–water partition coefficient (Wildman–Crippen LogP) is 5.21. The molecule has 0 radical (unpaired) electrons. The van der Waals surface area contributed by atoms with Crippen molar-refractivity contribution in [3.05, 3.63) is 95.7 Å². The van der Waals surface area contributed by atoms with Crippen LogP contribution in [0.4, 0.5) is 10.1 Å². The molecule has 0 amide bonds. The third kappa shape index (κ3) is 2.87. The average molecular weight is 331 g/mol. The van der Waals surface area contributed by atoms with Crippen LogP contribution in [0.1, 0.15) is 23.0 Å². The fourth-order valence-electron chi connectivity index (χ4n) is 3.24. The van der Waals surface area contributed by atoms with Crippen LogP contribution in [0, 0.1) is 12.7 Å². The van der Waals surface area contributed by atoms with E-state index in [9.17, 15) is 4.39 Å². The SMILES string of the molecule is Cc1[nH]c2ccccc2c1[C@H](Nc1ccccc1F)c1ccccn1. The van der Waals surface area contributed by atoms with Gasteiger partial charge in [-0.1, -0.05) is 36.4 Å². The minimum absolute atomic E-state index is 0.255. The Kier molecular flexibility index (Phi) is 3.94. The number of H-pyrrole nitrogens is 1. The lowest BCUT2D eigenvalue weighted by Gasteiger charge is -2.21. The van der Waals surface area contributed by atoms with Crippen LogP contribution in [-0.2, 0) is 0 Å². The maximum atomic E-state index is 14.2. The van der Waals surface area contributed by atoms with E-state index in [-0.39, 0.29) is 11.9 Å². The maximum Gasteiger partial charge on any atom is 0.146 e. The highest BCUT2D eigenvalue weighted by Crippen LogP contribution is 2.34. The first-order valence-corrected chi connectivity index (χ1v) is 8.23. The molecular formula is C21H18FN3. The van der Waals surface area contributed by atoms with Gasteiger partial charge >= 0.3 is 0 Å². The number of hydrogen-bond donors (Lipinski definition) is 2. The van der Waals surface area contributed by atoms with Crippen molar-refractivity contribution in [3.63, 3.8) is 0 Å². The van der Waals surface area contributed by atoms with E-state index in [1.165, 1.54) is 6.07 Å². The van der Waals surface area contributed by atoms with Gasteiger partial charge in [-0.25, -0.2) is 4.39 Å². The molecule has 0 spiro atoms. The third-order valence-electron chi connectivity index (χ3n) is 4.39. The Hall–Kier alpha value is -3.14. The van der Waals surface area contributed by atoms with Gasteiger partial charge in [0.05, 0.1) is 17.4 Å². The predicted molar refractivity (Wildman–Crippen MR) is 99.1 cm³/mol. The summed E-state index contributed by atoms with van der Waals surface area (Å²) in [5, 5.41) is 4.45. The lowest BCUT2D eigenvalue weighted by Crippen LogP contribution is -2.15. The molecule has 2 N–H and O–H groups in total. The highest BCUT2D eigenvalue weighted by molar-refractivity contribution is 5.86. The van der Waals surface area contributed by atoms with Gasteiger partial charge in [0.1, 0.15) is 5.82 Å². The number of aromatic nitrogens is 2. The van der Waals surface area contributed by atoms with Crippen LogP contribution >= 0.6 is 0 Å². The normalized spacial score (nSPS) is 12.2. The molecule has 0 aliphatic rings. The van der Waals surface area contributed by atoms with E-state index < -0.39 is 0 Å². The Morgan fingerprint density at radius 1 is 0.960 bits per heavy atom. The zero-order valence-corrected chi connectivity index (χ0v) is 13.8. The van der Waals surface area contributed by atoms with Crippen molar-refractivity contribution >= 4 is 16.6 Å². The van der Waals surface area contributed by atoms with Crippen molar-refractivity contribution in [1.82, 2.24) is 9.97 Å². The molecule has 124 valence electrons. The molecule has 0 fully saturated rings. The first-order valence-electron chi connectivity index (χ1n) is 8.23. The van der Waals surface area contributed by atoms with E-state index in [2.05, 4.69) is 21.4 Å². The number of para-hydroxylation sites is 2. The summed E-state index contributed by atoms with van der Waals surface area (Å²) in [5.74, 6) is -0.277. The number of rotatable bonds is 4. The number of aromatic amines is 1. The van der Waals surface area contributed by atoms with Gasteiger partial charge in [-0.2, -0.15) is 0 Å². The minimum Gasteiger partial charge on any atom is -0.370 e. The Bertz CT molecular complexity index is 1010. The maximum absolute atomic E-state index is 14.2. The van der Waals surface area contributed by atoms with E-state index in [1.807, 2.05) is 49.4 Å². The molecule has 4 heteroatoms. The summed E-state index contributed by atoms with van der Waals surface area (Å²) >= 11 is 0. The van der Waals surface area contributed by atoms with Gasteiger partial charge in [0.15, 0.2) is 0 Å². The first kappa shape index (κ1) is 15.4. The Labute approximate surface area is 145 Å². The Morgan fingerprint density at radius 3 is 2.52 bits per heavy atom. The first-order chi connectivity index (χ1) is 12.2. The standard InChI is InChI=1S/C21H18FN3/c1-14-20(15-8-2-4-10-17(15)24-14)21(19-12-6-7-13-23-19)25-18-11-5-3-9-16(18)22/h2-13,21,24-25H,1H3/t21-/m1/s1. The second-order valence-corrected chi connectivity index (χ2v) is 6.02. The van der Waals surface area contributed by atoms with Crippen molar-refractivity contribution in [3.8, 4) is 0 Å². The Balaban J connectivity index is 1.88.